The number of nitrogens with two attached hydrogens (primary N) is 1. The summed E-state index contributed by atoms with van der Waals surface area (Å²) in [4.78, 5) is 12.7. The van der Waals surface area contributed by atoms with Gasteiger partial charge in [0.05, 0.1) is 18.8 Å². The Bertz CT molecular complexity index is 556. The lowest BCUT2D eigenvalue weighted by atomic mass is 10.0. The Hall–Kier alpha value is -2.01. The van der Waals surface area contributed by atoms with Crippen molar-refractivity contribution >= 4 is 0 Å². The largest absolute Gasteiger partial charge is 0.480 e. The molecule has 5 heteroatoms. The van der Waals surface area contributed by atoms with Crippen molar-refractivity contribution in [2.24, 2.45) is 5.73 Å². The first-order chi connectivity index (χ1) is 8.63. The zero-order chi connectivity index (χ0) is 13.1. The summed E-state index contributed by atoms with van der Waals surface area (Å²) in [7, 11) is 1.55. The third kappa shape index (κ3) is 2.31. The van der Waals surface area contributed by atoms with Crippen LogP contribution in [0.2, 0.25) is 0 Å². The van der Waals surface area contributed by atoms with Crippen LogP contribution in [0.5, 0.6) is 5.88 Å². The number of pyridine rings is 1. The SMILES string of the molecule is COc1nccnc1C(N)c1ncc(C)cc1C. The highest BCUT2D eigenvalue weighted by Crippen LogP contribution is 2.24. The van der Waals surface area contributed by atoms with Crippen LogP contribution in [0, 0.1) is 13.8 Å². The van der Waals surface area contributed by atoms with Gasteiger partial charge in [-0.05, 0) is 25.0 Å². The van der Waals surface area contributed by atoms with Crippen molar-refractivity contribution in [3.63, 3.8) is 0 Å². The van der Waals surface area contributed by atoms with Crippen LogP contribution in [0.15, 0.2) is 24.7 Å². The lowest BCUT2D eigenvalue weighted by molar-refractivity contribution is 0.386. The van der Waals surface area contributed by atoms with Gasteiger partial charge in [0.1, 0.15) is 5.69 Å². The molecule has 18 heavy (non-hydrogen) atoms. The first kappa shape index (κ1) is 12.4. The van der Waals surface area contributed by atoms with Crippen molar-refractivity contribution in [1.82, 2.24) is 15.0 Å². The molecule has 2 aromatic rings. The topological polar surface area (TPSA) is 73.9 Å². The van der Waals surface area contributed by atoms with Crippen LogP contribution < -0.4 is 10.5 Å². The lowest BCUT2D eigenvalue weighted by Gasteiger charge is -2.15. The highest BCUT2D eigenvalue weighted by atomic mass is 16.5. The Labute approximate surface area is 106 Å². The van der Waals surface area contributed by atoms with Gasteiger partial charge >= 0.3 is 0 Å². The molecule has 2 N–H and O–H groups in total. The average Bonchev–Trinajstić information content (AvgIpc) is 2.38. The summed E-state index contributed by atoms with van der Waals surface area (Å²) in [5.74, 6) is 0.437. The van der Waals surface area contributed by atoms with Crippen molar-refractivity contribution in [1.29, 1.82) is 0 Å². The molecule has 0 saturated heterocycles. The molecule has 0 radical (unpaired) electrons. The van der Waals surface area contributed by atoms with E-state index >= 15 is 0 Å². The molecule has 0 aromatic carbocycles. The maximum atomic E-state index is 6.20. The number of rotatable bonds is 3. The molecule has 5 nitrogen and oxygen atoms in total. The van der Waals surface area contributed by atoms with Crippen molar-refractivity contribution in [3.05, 3.63) is 47.2 Å². The van der Waals surface area contributed by atoms with Gasteiger partial charge in [-0.25, -0.2) is 4.98 Å². The average molecular weight is 244 g/mol. The Balaban J connectivity index is 2.44. The second-order valence-electron chi connectivity index (χ2n) is 4.14. The zero-order valence-electron chi connectivity index (χ0n) is 10.7. The van der Waals surface area contributed by atoms with E-state index in [1.165, 1.54) is 0 Å². The number of ether oxygens (including phenoxy) is 1. The van der Waals surface area contributed by atoms with Gasteiger partial charge in [0, 0.05) is 18.6 Å². The third-order valence-corrected chi connectivity index (χ3v) is 2.73. The van der Waals surface area contributed by atoms with Crippen molar-refractivity contribution < 1.29 is 4.74 Å². The Morgan fingerprint density at radius 2 is 1.83 bits per heavy atom. The van der Waals surface area contributed by atoms with Crippen molar-refractivity contribution in [2.45, 2.75) is 19.9 Å². The molecular weight excluding hydrogens is 228 g/mol. The minimum atomic E-state index is -0.436. The van der Waals surface area contributed by atoms with Gasteiger partial charge in [-0.1, -0.05) is 6.07 Å². The van der Waals surface area contributed by atoms with E-state index in [0.717, 1.165) is 16.8 Å². The summed E-state index contributed by atoms with van der Waals surface area (Å²) in [6, 6.07) is 1.61. The van der Waals surface area contributed by atoms with Gasteiger partial charge < -0.3 is 10.5 Å². The molecule has 1 atom stereocenters. The molecule has 0 aliphatic heterocycles. The first-order valence-electron chi connectivity index (χ1n) is 5.67. The maximum absolute atomic E-state index is 6.20. The Kier molecular flexibility index (Phi) is 3.53. The zero-order valence-corrected chi connectivity index (χ0v) is 10.7. The highest BCUT2D eigenvalue weighted by molar-refractivity contribution is 5.34. The molecular formula is C13H16N4O. The van der Waals surface area contributed by atoms with E-state index in [9.17, 15) is 0 Å². The Morgan fingerprint density at radius 3 is 2.50 bits per heavy atom. The molecule has 1 unspecified atom stereocenters. The van der Waals surface area contributed by atoms with Gasteiger partial charge in [0.25, 0.3) is 0 Å². The molecule has 0 aliphatic carbocycles. The van der Waals surface area contributed by atoms with Gasteiger partial charge in [-0.3, -0.25) is 9.97 Å². The van der Waals surface area contributed by atoms with E-state index in [0.29, 0.717) is 11.6 Å². The van der Waals surface area contributed by atoms with Crippen LogP contribution in [0.3, 0.4) is 0 Å². The summed E-state index contributed by atoms with van der Waals surface area (Å²) in [5, 5.41) is 0. The molecule has 0 saturated carbocycles. The van der Waals surface area contributed by atoms with Crippen LogP contribution in [0.1, 0.15) is 28.6 Å². The Morgan fingerprint density at radius 1 is 1.11 bits per heavy atom. The van der Waals surface area contributed by atoms with E-state index in [1.807, 2.05) is 19.9 Å². The van der Waals surface area contributed by atoms with E-state index < -0.39 is 6.04 Å². The van der Waals surface area contributed by atoms with Gasteiger partial charge in [0.15, 0.2) is 0 Å². The number of hydrogen-bond donors (Lipinski definition) is 1. The third-order valence-electron chi connectivity index (χ3n) is 2.73. The normalized spacial score (nSPS) is 12.2. The number of nitrogens with zero attached hydrogens (tertiary/aromatic N) is 3. The highest BCUT2D eigenvalue weighted by Gasteiger charge is 2.19. The van der Waals surface area contributed by atoms with Gasteiger partial charge in [-0.2, -0.15) is 0 Å². The predicted octanol–water partition coefficient (Wildman–Crippen LogP) is 1.55. The molecule has 0 spiro atoms. The predicted molar refractivity (Wildman–Crippen MR) is 68.3 cm³/mol. The van der Waals surface area contributed by atoms with E-state index in [2.05, 4.69) is 15.0 Å². The number of aromatic nitrogens is 3. The second-order valence-corrected chi connectivity index (χ2v) is 4.14. The summed E-state index contributed by atoms with van der Waals surface area (Å²) in [6.45, 7) is 3.98. The quantitative estimate of drug-likeness (QED) is 0.886. The number of methoxy groups -OCH3 is 1. The van der Waals surface area contributed by atoms with Crippen LogP contribution in [0.25, 0.3) is 0 Å². The smallest absolute Gasteiger partial charge is 0.237 e. The maximum Gasteiger partial charge on any atom is 0.237 e. The minimum Gasteiger partial charge on any atom is -0.480 e. The summed E-state index contributed by atoms with van der Waals surface area (Å²) in [6.07, 6.45) is 4.97. The molecule has 0 bridgehead atoms. The fourth-order valence-electron chi connectivity index (χ4n) is 1.89. The molecule has 2 aromatic heterocycles. The molecule has 0 fully saturated rings. The summed E-state index contributed by atoms with van der Waals surface area (Å²) in [5.41, 5.74) is 9.73. The fourth-order valence-corrected chi connectivity index (χ4v) is 1.89. The monoisotopic (exact) mass is 244 g/mol. The number of hydrogen-bond acceptors (Lipinski definition) is 5. The van der Waals surface area contributed by atoms with Crippen molar-refractivity contribution in [2.75, 3.05) is 7.11 Å². The molecule has 0 aliphatic rings. The van der Waals surface area contributed by atoms with E-state index in [-0.39, 0.29) is 0 Å². The van der Waals surface area contributed by atoms with Crippen LogP contribution in [-0.4, -0.2) is 22.1 Å². The summed E-state index contributed by atoms with van der Waals surface area (Å²) < 4.78 is 5.17. The summed E-state index contributed by atoms with van der Waals surface area (Å²) >= 11 is 0. The minimum absolute atomic E-state index is 0.436. The van der Waals surface area contributed by atoms with Crippen molar-refractivity contribution in [3.8, 4) is 5.88 Å². The lowest BCUT2D eigenvalue weighted by Crippen LogP contribution is -2.18. The molecule has 0 amide bonds. The van der Waals surface area contributed by atoms with Crippen LogP contribution in [0.4, 0.5) is 0 Å². The standard InChI is InChI=1S/C13H16N4O/c1-8-6-9(2)11(17-7-8)10(14)12-13(18-3)16-5-4-15-12/h4-7,10H,14H2,1-3H3. The molecule has 2 heterocycles. The molecule has 94 valence electrons. The second kappa shape index (κ2) is 5.10. The van der Waals surface area contributed by atoms with Crippen LogP contribution >= 0.6 is 0 Å². The van der Waals surface area contributed by atoms with E-state index in [4.69, 9.17) is 10.5 Å². The van der Waals surface area contributed by atoms with Gasteiger partial charge in [0.2, 0.25) is 5.88 Å². The fraction of sp³-hybridized carbons (Fsp3) is 0.308. The molecule has 2 rings (SSSR count). The van der Waals surface area contributed by atoms with Gasteiger partial charge in [-0.15, -0.1) is 0 Å². The van der Waals surface area contributed by atoms with E-state index in [1.54, 1.807) is 25.7 Å². The van der Waals surface area contributed by atoms with Crippen LogP contribution in [-0.2, 0) is 0 Å². The first-order valence-corrected chi connectivity index (χ1v) is 5.67. The number of aryl methyl sites for hydroxylation is 2.